The van der Waals surface area contributed by atoms with Gasteiger partial charge in [-0.2, -0.15) is 0 Å². The average molecular weight is 315 g/mol. The van der Waals surface area contributed by atoms with Gasteiger partial charge in [0, 0.05) is 12.1 Å². The molecule has 3 rings (SSSR count). The molecule has 1 aliphatic heterocycles. The normalized spacial score (nSPS) is 17.0. The van der Waals surface area contributed by atoms with Crippen LogP contribution in [-0.4, -0.2) is 25.2 Å². The largest absolute Gasteiger partial charge is 0.488 e. The molecule has 1 atom stereocenters. The Labute approximate surface area is 134 Å². The molecule has 2 aromatic rings. The van der Waals surface area contributed by atoms with Crippen molar-refractivity contribution in [1.29, 1.82) is 0 Å². The predicted molar refractivity (Wildman–Crippen MR) is 85.4 cm³/mol. The van der Waals surface area contributed by atoms with Crippen LogP contribution >= 0.6 is 0 Å². The minimum Gasteiger partial charge on any atom is -0.488 e. The Hall–Kier alpha value is -2.40. The van der Waals surface area contributed by atoms with Gasteiger partial charge in [0.1, 0.15) is 17.7 Å². The molecule has 1 aliphatic rings. The molecule has 0 spiro atoms. The van der Waals surface area contributed by atoms with Gasteiger partial charge in [0.25, 0.3) is 5.91 Å². The zero-order chi connectivity index (χ0) is 16.2. The minimum absolute atomic E-state index is 0.0356. The van der Waals surface area contributed by atoms with Crippen LogP contribution in [0.25, 0.3) is 0 Å². The fourth-order valence-electron chi connectivity index (χ4n) is 2.43. The van der Waals surface area contributed by atoms with E-state index in [4.69, 9.17) is 9.47 Å². The van der Waals surface area contributed by atoms with Gasteiger partial charge in [-0.15, -0.1) is 0 Å². The van der Waals surface area contributed by atoms with E-state index in [9.17, 15) is 9.18 Å². The molecular weight excluding hydrogens is 297 g/mol. The van der Waals surface area contributed by atoms with E-state index in [1.807, 2.05) is 6.92 Å². The predicted octanol–water partition coefficient (Wildman–Crippen LogP) is 3.55. The molecule has 0 aromatic heterocycles. The summed E-state index contributed by atoms with van der Waals surface area (Å²) < 4.78 is 24.7. The summed E-state index contributed by atoms with van der Waals surface area (Å²) in [5.74, 6) is -0.279. The van der Waals surface area contributed by atoms with Gasteiger partial charge < -0.3 is 14.8 Å². The molecule has 1 N–H and O–H groups in total. The molecule has 0 radical (unpaired) electrons. The molecule has 0 aliphatic carbocycles. The monoisotopic (exact) mass is 315 g/mol. The van der Waals surface area contributed by atoms with Crippen molar-refractivity contribution < 1.29 is 18.7 Å². The Balaban J connectivity index is 1.65. The number of hydrogen-bond acceptors (Lipinski definition) is 3. The van der Waals surface area contributed by atoms with Gasteiger partial charge >= 0.3 is 0 Å². The third-order valence-corrected chi connectivity index (χ3v) is 3.67. The van der Waals surface area contributed by atoms with Crippen molar-refractivity contribution in [2.75, 3.05) is 18.5 Å². The van der Waals surface area contributed by atoms with Gasteiger partial charge in [-0.1, -0.05) is 11.6 Å². The van der Waals surface area contributed by atoms with Crippen molar-refractivity contribution in [3.63, 3.8) is 0 Å². The van der Waals surface area contributed by atoms with Crippen LogP contribution in [0, 0.1) is 12.7 Å². The summed E-state index contributed by atoms with van der Waals surface area (Å²) in [6.45, 7) is 3.14. The van der Waals surface area contributed by atoms with Crippen molar-refractivity contribution in [3.8, 4) is 5.75 Å². The van der Waals surface area contributed by atoms with E-state index in [1.165, 1.54) is 12.1 Å². The van der Waals surface area contributed by atoms with E-state index in [0.29, 0.717) is 12.3 Å². The third-order valence-electron chi connectivity index (χ3n) is 3.67. The lowest BCUT2D eigenvalue weighted by Gasteiger charge is -2.12. The second kappa shape index (κ2) is 6.79. The first kappa shape index (κ1) is 15.5. The van der Waals surface area contributed by atoms with Crippen LogP contribution in [-0.2, 0) is 4.74 Å². The summed E-state index contributed by atoms with van der Waals surface area (Å²) in [4.78, 5) is 12.2. The lowest BCUT2D eigenvalue weighted by molar-refractivity contribution is 0.102. The number of ether oxygens (including phenoxy) is 2. The van der Waals surface area contributed by atoms with E-state index in [-0.39, 0.29) is 11.7 Å². The number of carbonyl (C=O) groups is 1. The molecule has 23 heavy (non-hydrogen) atoms. The topological polar surface area (TPSA) is 47.6 Å². The minimum atomic E-state index is -0.533. The van der Waals surface area contributed by atoms with Crippen molar-refractivity contribution in [2.45, 2.75) is 19.4 Å². The van der Waals surface area contributed by atoms with Crippen LogP contribution in [0.3, 0.4) is 0 Å². The van der Waals surface area contributed by atoms with E-state index in [1.54, 1.807) is 30.3 Å². The summed E-state index contributed by atoms with van der Waals surface area (Å²) in [6, 6.07) is 11.5. The number of rotatable bonds is 4. The molecule has 120 valence electrons. The first-order chi connectivity index (χ1) is 11.1. The van der Waals surface area contributed by atoms with E-state index in [2.05, 4.69) is 5.32 Å². The molecule has 1 saturated heterocycles. The molecule has 1 amide bonds. The van der Waals surface area contributed by atoms with Gasteiger partial charge in [0.15, 0.2) is 0 Å². The molecule has 0 bridgehead atoms. The van der Waals surface area contributed by atoms with Gasteiger partial charge in [-0.25, -0.2) is 4.39 Å². The maximum atomic E-state index is 13.7. The summed E-state index contributed by atoms with van der Waals surface area (Å²) >= 11 is 0. The van der Waals surface area contributed by atoms with Gasteiger partial charge in [0.2, 0.25) is 0 Å². The third kappa shape index (κ3) is 3.87. The number of benzene rings is 2. The summed E-state index contributed by atoms with van der Waals surface area (Å²) in [7, 11) is 0. The number of carbonyl (C=O) groups excluding carboxylic acids is 1. The second-order valence-corrected chi connectivity index (χ2v) is 5.57. The molecule has 5 heteroatoms. The van der Waals surface area contributed by atoms with Gasteiger partial charge in [0.05, 0.1) is 18.8 Å². The zero-order valence-corrected chi connectivity index (χ0v) is 12.8. The molecule has 0 unspecified atom stereocenters. The van der Waals surface area contributed by atoms with Crippen LogP contribution < -0.4 is 10.1 Å². The first-order valence-electron chi connectivity index (χ1n) is 7.54. The van der Waals surface area contributed by atoms with Crippen LogP contribution in [0.15, 0.2) is 42.5 Å². The van der Waals surface area contributed by atoms with Crippen LogP contribution in [0.4, 0.5) is 10.1 Å². The Morgan fingerprint density at radius 3 is 2.74 bits per heavy atom. The fourth-order valence-corrected chi connectivity index (χ4v) is 2.43. The maximum absolute atomic E-state index is 13.7. The fraction of sp³-hybridized carbons (Fsp3) is 0.278. The van der Waals surface area contributed by atoms with Gasteiger partial charge in [-0.3, -0.25) is 4.79 Å². The van der Waals surface area contributed by atoms with Crippen molar-refractivity contribution in [3.05, 3.63) is 59.4 Å². The molecular formula is C18H18FNO3. The maximum Gasteiger partial charge on any atom is 0.258 e. The van der Waals surface area contributed by atoms with Crippen molar-refractivity contribution >= 4 is 11.6 Å². The zero-order valence-electron chi connectivity index (χ0n) is 12.8. The SMILES string of the molecule is Cc1ccc(F)c(C(=O)Nc2ccc(O[C@@H]3CCOC3)cc2)c1. The Bertz CT molecular complexity index is 694. The average Bonchev–Trinajstić information content (AvgIpc) is 3.04. The molecule has 1 fully saturated rings. The highest BCUT2D eigenvalue weighted by Crippen LogP contribution is 2.20. The number of amides is 1. The highest BCUT2D eigenvalue weighted by atomic mass is 19.1. The van der Waals surface area contributed by atoms with Crippen LogP contribution in [0.2, 0.25) is 0 Å². The number of hydrogen-bond donors (Lipinski definition) is 1. The first-order valence-corrected chi connectivity index (χ1v) is 7.54. The van der Waals surface area contributed by atoms with Gasteiger partial charge in [-0.05, 0) is 43.3 Å². The summed E-state index contributed by atoms with van der Waals surface area (Å²) in [5, 5.41) is 2.69. The van der Waals surface area contributed by atoms with E-state index in [0.717, 1.165) is 24.3 Å². The molecule has 1 heterocycles. The smallest absolute Gasteiger partial charge is 0.258 e. The lowest BCUT2D eigenvalue weighted by atomic mass is 10.1. The molecule has 0 saturated carbocycles. The Morgan fingerprint density at radius 2 is 2.04 bits per heavy atom. The standard InChI is InChI=1S/C18H18FNO3/c1-12-2-7-17(19)16(10-12)18(21)20-13-3-5-14(6-4-13)23-15-8-9-22-11-15/h2-7,10,15H,8-9,11H2,1H3,(H,20,21)/t15-/m1/s1. The molecule has 2 aromatic carbocycles. The number of aryl methyl sites for hydroxylation is 1. The van der Waals surface area contributed by atoms with Crippen LogP contribution in [0.1, 0.15) is 22.3 Å². The Morgan fingerprint density at radius 1 is 1.26 bits per heavy atom. The lowest BCUT2D eigenvalue weighted by Crippen LogP contribution is -2.16. The van der Waals surface area contributed by atoms with Crippen molar-refractivity contribution in [2.24, 2.45) is 0 Å². The summed E-state index contributed by atoms with van der Waals surface area (Å²) in [5.41, 5.74) is 1.46. The quantitative estimate of drug-likeness (QED) is 0.938. The highest BCUT2D eigenvalue weighted by molar-refractivity contribution is 6.04. The Kier molecular flexibility index (Phi) is 4.57. The summed E-state index contributed by atoms with van der Waals surface area (Å²) in [6.07, 6.45) is 0.960. The van der Waals surface area contributed by atoms with Crippen molar-refractivity contribution in [1.82, 2.24) is 0 Å². The molecule has 4 nitrogen and oxygen atoms in total. The van der Waals surface area contributed by atoms with E-state index >= 15 is 0 Å². The van der Waals surface area contributed by atoms with Crippen LogP contribution in [0.5, 0.6) is 5.75 Å². The highest BCUT2D eigenvalue weighted by Gasteiger charge is 2.17. The second-order valence-electron chi connectivity index (χ2n) is 5.57. The number of anilines is 1. The van der Waals surface area contributed by atoms with E-state index < -0.39 is 11.7 Å². The number of nitrogens with one attached hydrogen (secondary N) is 1. The number of halogens is 1.